The van der Waals surface area contributed by atoms with E-state index in [1.54, 1.807) is 29.5 Å². The first-order valence-electron chi connectivity index (χ1n) is 5.71. The number of hydrogen-bond donors (Lipinski definition) is 0. The lowest BCUT2D eigenvalue weighted by Crippen LogP contribution is -2.27. The number of hydrogen-bond acceptors (Lipinski definition) is 4. The highest BCUT2D eigenvalue weighted by Crippen LogP contribution is 2.36. The summed E-state index contributed by atoms with van der Waals surface area (Å²) in [5.74, 6) is -0.103. The van der Waals surface area contributed by atoms with Crippen molar-refractivity contribution in [2.75, 3.05) is 4.90 Å². The summed E-state index contributed by atoms with van der Waals surface area (Å²) in [4.78, 5) is 14.6. The molecule has 0 N–H and O–H groups in total. The molecule has 20 heavy (non-hydrogen) atoms. The van der Waals surface area contributed by atoms with Gasteiger partial charge in [-0.05, 0) is 46.7 Å². The van der Waals surface area contributed by atoms with Gasteiger partial charge in [-0.3, -0.25) is 9.69 Å². The Labute approximate surface area is 135 Å². The molecule has 0 saturated carbocycles. The number of thioether (sulfide) groups is 1. The highest BCUT2D eigenvalue weighted by atomic mass is 35.5. The highest BCUT2D eigenvalue weighted by Gasteiger charge is 2.33. The Bertz CT molecular complexity index is 709. The molecule has 1 aromatic carbocycles. The van der Waals surface area contributed by atoms with E-state index in [1.807, 2.05) is 29.0 Å². The molecule has 2 heterocycles. The first-order valence-corrected chi connectivity index (χ1v) is 8.25. The number of halogens is 1. The monoisotopic (exact) mass is 337 g/mol. The number of thiocarbonyl (C=S) groups is 1. The van der Waals surface area contributed by atoms with Crippen LogP contribution in [0.25, 0.3) is 6.08 Å². The van der Waals surface area contributed by atoms with Gasteiger partial charge in [-0.1, -0.05) is 41.6 Å². The number of thiophene rings is 1. The lowest BCUT2D eigenvalue weighted by molar-refractivity contribution is -0.113. The van der Waals surface area contributed by atoms with Crippen LogP contribution in [0, 0.1) is 0 Å². The first-order chi connectivity index (χ1) is 9.65. The molecule has 0 atom stereocenters. The van der Waals surface area contributed by atoms with Crippen molar-refractivity contribution in [1.82, 2.24) is 0 Å². The zero-order valence-corrected chi connectivity index (χ0v) is 13.3. The van der Waals surface area contributed by atoms with E-state index in [2.05, 4.69) is 0 Å². The molecule has 1 fully saturated rings. The Morgan fingerprint density at radius 3 is 2.85 bits per heavy atom. The number of carbonyl (C=O) groups excluding carboxylic acids is 1. The predicted octanol–water partition coefficient (Wildman–Crippen LogP) is 4.81. The Morgan fingerprint density at radius 2 is 2.15 bits per heavy atom. The van der Waals surface area contributed by atoms with Crippen molar-refractivity contribution >= 4 is 68.9 Å². The predicted molar refractivity (Wildman–Crippen MR) is 91.4 cm³/mol. The van der Waals surface area contributed by atoms with Gasteiger partial charge in [0.1, 0.15) is 0 Å². The van der Waals surface area contributed by atoms with Gasteiger partial charge in [-0.2, -0.15) is 11.3 Å². The number of amides is 1. The van der Waals surface area contributed by atoms with E-state index >= 15 is 0 Å². The number of anilines is 1. The summed E-state index contributed by atoms with van der Waals surface area (Å²) in [7, 11) is 0. The fourth-order valence-electron chi connectivity index (χ4n) is 1.81. The summed E-state index contributed by atoms with van der Waals surface area (Å²) in [5, 5.41) is 4.55. The molecule has 6 heteroatoms. The summed E-state index contributed by atoms with van der Waals surface area (Å²) >= 11 is 14.2. The molecule has 0 spiro atoms. The van der Waals surface area contributed by atoms with Crippen LogP contribution < -0.4 is 4.90 Å². The maximum atomic E-state index is 12.5. The van der Waals surface area contributed by atoms with Crippen LogP contribution in [0.1, 0.15) is 5.56 Å². The molecule has 1 saturated heterocycles. The normalized spacial score (nSPS) is 17.2. The maximum Gasteiger partial charge on any atom is 0.270 e. The quantitative estimate of drug-likeness (QED) is 0.579. The molecule has 0 unspecified atom stereocenters. The van der Waals surface area contributed by atoms with Crippen molar-refractivity contribution in [1.29, 1.82) is 0 Å². The van der Waals surface area contributed by atoms with Crippen LogP contribution in [0.3, 0.4) is 0 Å². The van der Waals surface area contributed by atoms with Gasteiger partial charge in [-0.15, -0.1) is 0 Å². The second-order valence-corrected chi connectivity index (χ2v) is 6.95. The molecule has 2 aromatic rings. The zero-order valence-electron chi connectivity index (χ0n) is 10.1. The SMILES string of the molecule is O=C1/C(=C/c2ccsc2)SC(=S)N1c1cccc(Cl)c1. The number of carbonyl (C=O) groups is 1. The van der Waals surface area contributed by atoms with E-state index in [1.165, 1.54) is 16.7 Å². The Morgan fingerprint density at radius 1 is 1.30 bits per heavy atom. The number of nitrogens with zero attached hydrogens (tertiary/aromatic N) is 1. The molecule has 0 bridgehead atoms. The van der Waals surface area contributed by atoms with E-state index < -0.39 is 0 Å². The van der Waals surface area contributed by atoms with E-state index in [0.717, 1.165) is 5.56 Å². The molecule has 2 nitrogen and oxygen atoms in total. The molecule has 0 aliphatic carbocycles. The summed E-state index contributed by atoms with van der Waals surface area (Å²) in [6, 6.07) is 9.10. The molecular formula is C14H8ClNOS3. The molecule has 3 rings (SSSR count). The summed E-state index contributed by atoms with van der Waals surface area (Å²) in [6.45, 7) is 0. The average Bonchev–Trinajstić information content (AvgIpc) is 2.99. The molecule has 1 amide bonds. The van der Waals surface area contributed by atoms with Crippen LogP contribution in [0.4, 0.5) is 5.69 Å². The Balaban J connectivity index is 1.95. The third-order valence-corrected chi connectivity index (χ3v) is 4.94. The lowest BCUT2D eigenvalue weighted by Gasteiger charge is -2.14. The van der Waals surface area contributed by atoms with E-state index in [-0.39, 0.29) is 5.91 Å². The number of benzene rings is 1. The van der Waals surface area contributed by atoms with Crippen molar-refractivity contribution in [3.05, 3.63) is 56.6 Å². The van der Waals surface area contributed by atoms with Crippen molar-refractivity contribution in [2.24, 2.45) is 0 Å². The molecule has 1 aromatic heterocycles. The van der Waals surface area contributed by atoms with Gasteiger partial charge >= 0.3 is 0 Å². The lowest BCUT2D eigenvalue weighted by atomic mass is 10.2. The van der Waals surface area contributed by atoms with Gasteiger partial charge in [0.25, 0.3) is 5.91 Å². The minimum Gasteiger partial charge on any atom is -0.268 e. The van der Waals surface area contributed by atoms with Crippen LogP contribution >= 0.6 is 46.9 Å². The summed E-state index contributed by atoms with van der Waals surface area (Å²) in [5.41, 5.74) is 1.72. The van der Waals surface area contributed by atoms with Gasteiger partial charge in [0.05, 0.1) is 10.6 Å². The van der Waals surface area contributed by atoms with Crippen LogP contribution in [-0.4, -0.2) is 10.2 Å². The minimum absolute atomic E-state index is 0.103. The van der Waals surface area contributed by atoms with Gasteiger partial charge in [-0.25, -0.2) is 0 Å². The first kappa shape index (κ1) is 13.8. The topological polar surface area (TPSA) is 20.3 Å². The van der Waals surface area contributed by atoms with Crippen LogP contribution in [0.5, 0.6) is 0 Å². The fraction of sp³-hybridized carbons (Fsp3) is 0. The molecule has 1 aliphatic rings. The van der Waals surface area contributed by atoms with Crippen molar-refractivity contribution < 1.29 is 4.79 Å². The smallest absolute Gasteiger partial charge is 0.268 e. The van der Waals surface area contributed by atoms with Crippen molar-refractivity contribution in [3.8, 4) is 0 Å². The van der Waals surface area contributed by atoms with Crippen LogP contribution in [0.15, 0.2) is 46.0 Å². The molecule has 0 radical (unpaired) electrons. The van der Waals surface area contributed by atoms with Crippen molar-refractivity contribution in [3.63, 3.8) is 0 Å². The van der Waals surface area contributed by atoms with Gasteiger partial charge < -0.3 is 0 Å². The summed E-state index contributed by atoms with van der Waals surface area (Å²) < 4.78 is 0.527. The standard InChI is InChI=1S/C14H8ClNOS3/c15-10-2-1-3-11(7-10)16-13(17)12(20-14(16)18)6-9-4-5-19-8-9/h1-8H/b12-6-. The average molecular weight is 338 g/mol. The highest BCUT2D eigenvalue weighted by molar-refractivity contribution is 8.27. The second kappa shape index (κ2) is 5.69. The van der Waals surface area contributed by atoms with Crippen molar-refractivity contribution in [2.45, 2.75) is 0 Å². The van der Waals surface area contributed by atoms with E-state index in [0.29, 0.717) is 19.9 Å². The van der Waals surface area contributed by atoms with Gasteiger partial charge in [0.2, 0.25) is 0 Å². The third kappa shape index (κ3) is 2.67. The Hall–Kier alpha value is -1.14. The van der Waals surface area contributed by atoms with Crippen LogP contribution in [-0.2, 0) is 4.79 Å². The summed E-state index contributed by atoms with van der Waals surface area (Å²) in [6.07, 6.45) is 1.86. The van der Waals surface area contributed by atoms with Gasteiger partial charge in [0, 0.05) is 5.02 Å². The third-order valence-electron chi connectivity index (χ3n) is 2.70. The fourth-order valence-corrected chi connectivity index (χ4v) is 3.92. The molecule has 1 aliphatic heterocycles. The number of rotatable bonds is 2. The largest absolute Gasteiger partial charge is 0.270 e. The van der Waals surface area contributed by atoms with Gasteiger partial charge in [0.15, 0.2) is 4.32 Å². The molecular weight excluding hydrogens is 330 g/mol. The Kier molecular flexibility index (Phi) is 3.94. The van der Waals surface area contributed by atoms with Crippen LogP contribution in [0.2, 0.25) is 5.02 Å². The van der Waals surface area contributed by atoms with E-state index in [4.69, 9.17) is 23.8 Å². The minimum atomic E-state index is -0.103. The maximum absolute atomic E-state index is 12.5. The molecule has 100 valence electrons. The second-order valence-electron chi connectivity index (χ2n) is 4.05. The van der Waals surface area contributed by atoms with E-state index in [9.17, 15) is 4.79 Å². The zero-order chi connectivity index (χ0) is 14.1.